The number of Topliss-reactive ketones (excluding diaryl/α,β-unsaturated/α-hetero) is 1. The first-order valence-corrected chi connectivity index (χ1v) is 9.96. The van der Waals surface area contributed by atoms with Crippen molar-refractivity contribution in [1.82, 2.24) is 0 Å². The molecule has 0 saturated heterocycles. The van der Waals surface area contributed by atoms with Crippen LogP contribution in [0.3, 0.4) is 0 Å². The maximum Gasteiger partial charge on any atom is 0.347 e. The molecule has 0 atom stereocenters. The van der Waals surface area contributed by atoms with E-state index in [1.807, 2.05) is 18.2 Å². The van der Waals surface area contributed by atoms with Crippen molar-refractivity contribution in [1.29, 1.82) is 0 Å². The van der Waals surface area contributed by atoms with Crippen molar-refractivity contribution in [2.24, 2.45) is 0 Å². The van der Waals surface area contributed by atoms with Crippen molar-refractivity contribution in [2.75, 3.05) is 7.11 Å². The average molecular weight is 462 g/mol. The van der Waals surface area contributed by atoms with Crippen molar-refractivity contribution in [3.63, 3.8) is 0 Å². The summed E-state index contributed by atoms with van der Waals surface area (Å²) >= 11 is 0. The van der Waals surface area contributed by atoms with Gasteiger partial charge in [-0.2, -0.15) is 4.57 Å². The van der Waals surface area contributed by atoms with E-state index in [4.69, 9.17) is 9.15 Å². The lowest BCUT2D eigenvalue weighted by Gasteiger charge is -2.04. The first-order chi connectivity index (χ1) is 15.5. The molecule has 4 rings (SSSR count). The summed E-state index contributed by atoms with van der Waals surface area (Å²) in [5.74, 6) is -0.0225. The van der Waals surface area contributed by atoms with Gasteiger partial charge in [-0.05, 0) is 23.8 Å². The zero-order chi connectivity index (χ0) is 22.5. The number of rotatable bonds is 7. The first kappa shape index (κ1) is 23.6. The number of pyridine rings is 1. The van der Waals surface area contributed by atoms with Gasteiger partial charge in [0.25, 0.3) is 0 Å². The Hall–Kier alpha value is -4.03. The number of ketones is 2. The smallest absolute Gasteiger partial charge is 0.347 e. The monoisotopic (exact) mass is 461 g/mol. The molecular weight excluding hydrogens is 442 g/mol. The number of hydrogen-bond donors (Lipinski definition) is 0. The summed E-state index contributed by atoms with van der Waals surface area (Å²) in [4.78, 5) is 37.2. The Kier molecular flexibility index (Phi) is 7.53. The van der Waals surface area contributed by atoms with Gasteiger partial charge in [-0.15, -0.1) is 0 Å². The maximum atomic E-state index is 12.6. The average Bonchev–Trinajstić information content (AvgIpc) is 2.83. The predicted octanol–water partition coefficient (Wildman–Crippen LogP) is 0.872. The van der Waals surface area contributed by atoms with E-state index in [-0.39, 0.29) is 30.3 Å². The van der Waals surface area contributed by atoms with Crippen LogP contribution in [0.1, 0.15) is 26.3 Å². The summed E-state index contributed by atoms with van der Waals surface area (Å²) in [7, 11) is 1.48. The number of para-hydroxylation sites is 1. The number of methoxy groups -OCH3 is 1. The van der Waals surface area contributed by atoms with Gasteiger partial charge in [-0.3, -0.25) is 9.59 Å². The van der Waals surface area contributed by atoms with Crippen LogP contribution in [-0.2, 0) is 6.54 Å². The highest BCUT2D eigenvalue weighted by Crippen LogP contribution is 2.24. The molecule has 0 bridgehead atoms. The zero-order valence-corrected chi connectivity index (χ0v) is 18.5. The molecule has 0 fully saturated rings. The molecule has 2 aromatic heterocycles. The summed E-state index contributed by atoms with van der Waals surface area (Å²) in [6.07, 6.45) is 6.47. The van der Waals surface area contributed by atoms with Gasteiger partial charge in [-0.25, -0.2) is 4.79 Å². The van der Waals surface area contributed by atoms with Gasteiger partial charge in [0.05, 0.1) is 7.11 Å². The maximum absolute atomic E-state index is 12.6. The number of hydrogen-bond acceptors (Lipinski definition) is 5. The molecule has 166 valence electrons. The van der Waals surface area contributed by atoms with E-state index in [9.17, 15) is 14.4 Å². The second kappa shape index (κ2) is 10.5. The minimum atomic E-state index is -0.720. The van der Waals surface area contributed by atoms with Gasteiger partial charge in [0, 0.05) is 23.1 Å². The lowest BCUT2D eigenvalue weighted by molar-refractivity contribution is -0.683. The number of halogens is 1. The summed E-state index contributed by atoms with van der Waals surface area (Å²) in [5.41, 5.74) is 0.941. The van der Waals surface area contributed by atoms with Gasteiger partial charge >= 0.3 is 5.63 Å². The molecule has 6 nitrogen and oxygen atoms in total. The van der Waals surface area contributed by atoms with E-state index in [0.717, 1.165) is 5.56 Å². The lowest BCUT2D eigenvalue weighted by Crippen LogP contribution is -3.00. The van der Waals surface area contributed by atoms with E-state index in [1.54, 1.807) is 65.5 Å². The molecule has 2 aromatic carbocycles. The Morgan fingerprint density at radius 2 is 1.73 bits per heavy atom. The van der Waals surface area contributed by atoms with Gasteiger partial charge in [0.1, 0.15) is 5.56 Å². The minimum Gasteiger partial charge on any atom is -1.00 e. The summed E-state index contributed by atoms with van der Waals surface area (Å²) in [6.45, 7) is 0.217. The van der Waals surface area contributed by atoms with E-state index >= 15 is 0 Å². The van der Waals surface area contributed by atoms with Gasteiger partial charge in [0.2, 0.25) is 12.3 Å². The standard InChI is InChI=1S/C26H20NO5.ClH/c1-31-24-9-5-8-20-16-21(26(30)32-25(20)24)22(28)11-10-18-12-14-27(15-13-18)17-23(29)19-6-3-2-4-7-19;/h2-16H,17H2,1H3;1H/q+1;/p-1/b11-10+;. The lowest BCUT2D eigenvalue weighted by atomic mass is 10.1. The molecule has 0 aliphatic heterocycles. The number of nitrogens with zero attached hydrogens (tertiary/aromatic N) is 1. The summed E-state index contributed by atoms with van der Waals surface area (Å²) < 4.78 is 12.3. The van der Waals surface area contributed by atoms with Crippen LogP contribution in [0.25, 0.3) is 17.0 Å². The first-order valence-electron chi connectivity index (χ1n) is 9.96. The molecule has 0 unspecified atom stereocenters. The molecule has 0 radical (unpaired) electrons. The molecule has 0 saturated carbocycles. The Bertz CT molecular complexity index is 1380. The highest BCUT2D eigenvalue weighted by atomic mass is 35.5. The normalized spacial score (nSPS) is 10.7. The quantitative estimate of drug-likeness (QED) is 0.177. The number of fused-ring (bicyclic) bond motifs is 1. The fourth-order valence-electron chi connectivity index (χ4n) is 3.28. The Morgan fingerprint density at radius 3 is 2.42 bits per heavy atom. The third kappa shape index (κ3) is 5.42. The van der Waals surface area contributed by atoms with E-state index in [0.29, 0.717) is 22.3 Å². The largest absolute Gasteiger partial charge is 1.00 e. The molecule has 0 N–H and O–H groups in total. The molecule has 33 heavy (non-hydrogen) atoms. The summed E-state index contributed by atoms with van der Waals surface area (Å²) in [6, 6.07) is 19.4. The molecule has 0 aliphatic rings. The van der Waals surface area contributed by atoms with Crippen molar-refractivity contribution in [3.05, 3.63) is 112 Å². The van der Waals surface area contributed by atoms with Crippen molar-refractivity contribution < 1.29 is 35.7 Å². The number of carbonyl (C=O) groups is 2. The van der Waals surface area contributed by atoms with Crippen molar-refractivity contribution in [3.8, 4) is 5.75 Å². The Balaban J connectivity index is 0.00000306. The second-order valence-corrected chi connectivity index (χ2v) is 7.12. The Morgan fingerprint density at radius 1 is 1.00 bits per heavy atom. The molecule has 4 aromatic rings. The van der Waals surface area contributed by atoms with Gasteiger partial charge in [0.15, 0.2) is 29.5 Å². The van der Waals surface area contributed by atoms with Crippen LogP contribution in [0.4, 0.5) is 0 Å². The number of benzene rings is 2. The molecule has 0 aliphatic carbocycles. The van der Waals surface area contributed by atoms with Gasteiger partial charge < -0.3 is 21.6 Å². The number of allylic oxidation sites excluding steroid dienone is 1. The van der Waals surface area contributed by atoms with Crippen molar-refractivity contribution in [2.45, 2.75) is 6.54 Å². The highest BCUT2D eigenvalue weighted by molar-refractivity contribution is 6.08. The SMILES string of the molecule is COc1cccc2cc(C(=O)/C=C/c3cc[n+](CC(=O)c4ccccc4)cc3)c(=O)oc12.[Cl-]. The minimum absolute atomic E-state index is 0. The third-order valence-electron chi connectivity index (χ3n) is 4.98. The summed E-state index contributed by atoms with van der Waals surface area (Å²) in [5, 5.41) is 0.601. The fraction of sp³-hybridized carbons (Fsp3) is 0.0769. The fourth-order valence-corrected chi connectivity index (χ4v) is 3.28. The van der Waals surface area contributed by atoms with Crippen molar-refractivity contribution >= 4 is 28.6 Å². The number of aromatic nitrogens is 1. The Labute approximate surface area is 196 Å². The number of carbonyl (C=O) groups excluding carboxylic acids is 2. The van der Waals surface area contributed by atoms with E-state index in [2.05, 4.69) is 0 Å². The van der Waals surface area contributed by atoms with Crippen LogP contribution < -0.4 is 27.3 Å². The van der Waals surface area contributed by atoms with Crippen LogP contribution in [0, 0.1) is 0 Å². The highest BCUT2D eigenvalue weighted by Gasteiger charge is 2.14. The van der Waals surface area contributed by atoms with Crippen LogP contribution in [0.2, 0.25) is 0 Å². The predicted molar refractivity (Wildman–Crippen MR) is 120 cm³/mol. The van der Waals surface area contributed by atoms with E-state index in [1.165, 1.54) is 19.3 Å². The molecule has 7 heteroatoms. The second-order valence-electron chi connectivity index (χ2n) is 7.12. The molecule has 0 spiro atoms. The van der Waals surface area contributed by atoms with Crippen LogP contribution in [0.15, 0.2) is 94.4 Å². The van der Waals surface area contributed by atoms with Crippen LogP contribution in [0.5, 0.6) is 5.75 Å². The molecule has 0 amide bonds. The van der Waals surface area contributed by atoms with Crippen LogP contribution in [-0.4, -0.2) is 18.7 Å². The van der Waals surface area contributed by atoms with Crippen LogP contribution >= 0.6 is 0 Å². The number of ether oxygens (including phenoxy) is 1. The topological polar surface area (TPSA) is 77.5 Å². The van der Waals surface area contributed by atoms with Gasteiger partial charge in [-0.1, -0.05) is 48.5 Å². The molecule has 2 heterocycles. The zero-order valence-electron chi connectivity index (χ0n) is 17.7. The van der Waals surface area contributed by atoms with E-state index < -0.39 is 11.4 Å². The molecular formula is C26H20ClNO5. The third-order valence-corrected chi connectivity index (χ3v) is 4.98.